The van der Waals surface area contributed by atoms with Crippen LogP contribution in [0.4, 0.5) is 0 Å². The molecule has 1 aliphatic rings. The van der Waals surface area contributed by atoms with Crippen molar-refractivity contribution >= 4 is 5.91 Å². The molecule has 7 nitrogen and oxygen atoms in total. The fourth-order valence-corrected chi connectivity index (χ4v) is 2.39. The van der Waals surface area contributed by atoms with E-state index >= 15 is 0 Å². The number of nitrogens with one attached hydrogen (secondary N) is 1. The summed E-state index contributed by atoms with van der Waals surface area (Å²) in [4.78, 5) is 18.1. The Bertz CT molecular complexity index is 697. The predicted octanol–water partition coefficient (Wildman–Crippen LogP) is 1.85. The molecule has 128 valence electrons. The number of nitrogens with zero attached hydrogens (tertiary/aromatic N) is 3. The number of aromatic nitrogens is 2. The SMILES string of the molecule is CCOc1ccccc1-c1noc(CN(C)CC(=O)NC2CC2)n1. The van der Waals surface area contributed by atoms with Crippen LogP contribution in [0.1, 0.15) is 25.7 Å². The van der Waals surface area contributed by atoms with Crippen LogP contribution < -0.4 is 10.1 Å². The molecule has 1 saturated carbocycles. The molecule has 0 unspecified atom stereocenters. The van der Waals surface area contributed by atoms with Gasteiger partial charge < -0.3 is 14.6 Å². The molecule has 0 atom stereocenters. The molecule has 24 heavy (non-hydrogen) atoms. The van der Waals surface area contributed by atoms with Gasteiger partial charge in [-0.25, -0.2) is 0 Å². The van der Waals surface area contributed by atoms with Gasteiger partial charge in [0.05, 0.1) is 25.3 Å². The van der Waals surface area contributed by atoms with Crippen LogP contribution in [0.25, 0.3) is 11.4 Å². The minimum atomic E-state index is 0.0291. The number of benzene rings is 1. The van der Waals surface area contributed by atoms with Gasteiger partial charge in [0.1, 0.15) is 5.75 Å². The zero-order valence-electron chi connectivity index (χ0n) is 14.0. The zero-order valence-corrected chi connectivity index (χ0v) is 14.0. The first-order valence-corrected chi connectivity index (χ1v) is 8.18. The van der Waals surface area contributed by atoms with Crippen LogP contribution in [0.15, 0.2) is 28.8 Å². The lowest BCUT2D eigenvalue weighted by molar-refractivity contribution is -0.122. The number of hydrogen-bond acceptors (Lipinski definition) is 6. The summed E-state index contributed by atoms with van der Waals surface area (Å²) >= 11 is 0. The van der Waals surface area contributed by atoms with Gasteiger partial charge in [0.25, 0.3) is 0 Å². The Balaban J connectivity index is 1.61. The zero-order chi connectivity index (χ0) is 16.9. The van der Waals surface area contributed by atoms with Crippen LogP contribution in [0, 0.1) is 0 Å². The van der Waals surface area contributed by atoms with E-state index in [4.69, 9.17) is 9.26 Å². The first-order chi connectivity index (χ1) is 11.7. The Morgan fingerprint density at radius 1 is 1.42 bits per heavy atom. The van der Waals surface area contributed by atoms with Crippen LogP contribution in [0.3, 0.4) is 0 Å². The van der Waals surface area contributed by atoms with Gasteiger partial charge in [-0.2, -0.15) is 4.98 Å². The molecular weight excluding hydrogens is 308 g/mol. The third-order valence-electron chi connectivity index (χ3n) is 3.66. The maximum atomic E-state index is 11.8. The second kappa shape index (κ2) is 7.44. The summed E-state index contributed by atoms with van der Waals surface area (Å²) in [6.07, 6.45) is 2.17. The smallest absolute Gasteiger partial charge is 0.241 e. The van der Waals surface area contributed by atoms with Crippen molar-refractivity contribution in [3.63, 3.8) is 0 Å². The molecule has 1 aromatic heterocycles. The van der Waals surface area contributed by atoms with E-state index in [0.29, 0.717) is 37.5 Å². The van der Waals surface area contributed by atoms with Gasteiger partial charge in [-0.1, -0.05) is 17.3 Å². The molecule has 0 aliphatic heterocycles. The average molecular weight is 330 g/mol. The number of carbonyl (C=O) groups is 1. The average Bonchev–Trinajstić information content (AvgIpc) is 3.24. The highest BCUT2D eigenvalue weighted by Gasteiger charge is 2.24. The van der Waals surface area contributed by atoms with Crippen molar-refractivity contribution in [3.8, 4) is 17.1 Å². The van der Waals surface area contributed by atoms with Gasteiger partial charge in [0, 0.05) is 6.04 Å². The number of likely N-dealkylation sites (N-methyl/N-ethyl adjacent to an activating group) is 1. The molecule has 2 aromatic rings. The Hall–Kier alpha value is -2.41. The van der Waals surface area contributed by atoms with Gasteiger partial charge >= 0.3 is 0 Å². The monoisotopic (exact) mass is 330 g/mol. The molecule has 3 rings (SSSR count). The highest BCUT2D eigenvalue weighted by molar-refractivity contribution is 5.78. The number of hydrogen-bond donors (Lipinski definition) is 1. The highest BCUT2D eigenvalue weighted by atomic mass is 16.5. The van der Waals surface area contributed by atoms with Gasteiger partial charge in [-0.05, 0) is 38.9 Å². The van der Waals surface area contributed by atoms with Crippen LogP contribution in [-0.2, 0) is 11.3 Å². The second-order valence-electron chi connectivity index (χ2n) is 5.95. The van der Waals surface area contributed by atoms with Gasteiger partial charge in [-0.3, -0.25) is 9.69 Å². The fourth-order valence-electron chi connectivity index (χ4n) is 2.39. The van der Waals surface area contributed by atoms with E-state index in [1.165, 1.54) is 0 Å². The molecule has 0 spiro atoms. The van der Waals surface area contributed by atoms with Crippen LogP contribution in [-0.4, -0.2) is 47.2 Å². The minimum absolute atomic E-state index is 0.0291. The van der Waals surface area contributed by atoms with Crippen molar-refractivity contribution in [1.29, 1.82) is 0 Å². The summed E-state index contributed by atoms with van der Waals surface area (Å²) in [6.45, 7) is 3.23. The van der Waals surface area contributed by atoms with E-state index in [2.05, 4.69) is 15.5 Å². The third kappa shape index (κ3) is 4.32. The normalized spacial score (nSPS) is 14.0. The molecule has 0 radical (unpaired) electrons. The molecule has 7 heteroatoms. The Kier molecular flexibility index (Phi) is 5.10. The molecule has 0 bridgehead atoms. The molecule has 0 saturated heterocycles. The van der Waals surface area contributed by atoms with E-state index in [-0.39, 0.29) is 5.91 Å². The molecule has 1 aliphatic carbocycles. The largest absolute Gasteiger partial charge is 0.493 e. The summed E-state index contributed by atoms with van der Waals surface area (Å²) < 4.78 is 10.9. The summed E-state index contributed by atoms with van der Waals surface area (Å²) in [6, 6.07) is 7.95. The van der Waals surface area contributed by atoms with Gasteiger partial charge in [0.15, 0.2) is 0 Å². The van der Waals surface area contributed by atoms with Crippen LogP contribution >= 0.6 is 0 Å². The van der Waals surface area contributed by atoms with E-state index in [1.54, 1.807) is 0 Å². The highest BCUT2D eigenvalue weighted by Crippen LogP contribution is 2.27. The van der Waals surface area contributed by atoms with Crippen molar-refractivity contribution in [1.82, 2.24) is 20.4 Å². The quantitative estimate of drug-likeness (QED) is 0.795. The van der Waals surface area contributed by atoms with Crippen molar-refractivity contribution < 1.29 is 14.1 Å². The number of amides is 1. The summed E-state index contributed by atoms with van der Waals surface area (Å²) in [5, 5.41) is 6.99. The molecule has 1 amide bonds. The van der Waals surface area contributed by atoms with E-state index in [1.807, 2.05) is 43.1 Å². The summed E-state index contributed by atoms with van der Waals surface area (Å²) in [5.41, 5.74) is 0.795. The number of para-hydroxylation sites is 1. The van der Waals surface area contributed by atoms with Crippen molar-refractivity contribution in [2.45, 2.75) is 32.4 Å². The Labute approximate surface area is 141 Å². The number of carbonyl (C=O) groups excluding carboxylic acids is 1. The molecular formula is C17H22N4O3. The third-order valence-corrected chi connectivity index (χ3v) is 3.66. The Morgan fingerprint density at radius 3 is 2.96 bits per heavy atom. The molecule has 1 heterocycles. The number of rotatable bonds is 8. The van der Waals surface area contributed by atoms with Crippen molar-refractivity contribution in [3.05, 3.63) is 30.2 Å². The first-order valence-electron chi connectivity index (χ1n) is 8.18. The van der Waals surface area contributed by atoms with Gasteiger partial charge in [0.2, 0.25) is 17.6 Å². The lowest BCUT2D eigenvalue weighted by atomic mass is 10.2. The summed E-state index contributed by atoms with van der Waals surface area (Å²) in [7, 11) is 1.85. The second-order valence-corrected chi connectivity index (χ2v) is 5.95. The maximum absolute atomic E-state index is 11.8. The lowest BCUT2D eigenvalue weighted by Gasteiger charge is -2.13. The molecule has 1 aromatic carbocycles. The van der Waals surface area contributed by atoms with E-state index in [0.717, 1.165) is 24.2 Å². The predicted molar refractivity (Wildman–Crippen MR) is 88.4 cm³/mol. The van der Waals surface area contributed by atoms with Gasteiger partial charge in [-0.15, -0.1) is 0 Å². The molecule has 1 N–H and O–H groups in total. The van der Waals surface area contributed by atoms with E-state index < -0.39 is 0 Å². The minimum Gasteiger partial charge on any atom is -0.493 e. The van der Waals surface area contributed by atoms with Crippen LogP contribution in [0.5, 0.6) is 5.75 Å². The lowest BCUT2D eigenvalue weighted by Crippen LogP contribution is -2.35. The van der Waals surface area contributed by atoms with Crippen molar-refractivity contribution in [2.75, 3.05) is 20.2 Å². The number of ether oxygens (including phenoxy) is 1. The fraction of sp³-hybridized carbons (Fsp3) is 0.471. The Morgan fingerprint density at radius 2 is 2.21 bits per heavy atom. The topological polar surface area (TPSA) is 80.5 Å². The van der Waals surface area contributed by atoms with Crippen LogP contribution in [0.2, 0.25) is 0 Å². The van der Waals surface area contributed by atoms with E-state index in [9.17, 15) is 4.79 Å². The summed E-state index contributed by atoms with van der Waals surface area (Å²) in [5.74, 6) is 1.72. The standard InChI is InChI=1S/C17H22N4O3/c1-3-23-14-7-5-4-6-13(14)17-19-16(24-20-17)11-21(2)10-15(22)18-12-8-9-12/h4-7,12H,3,8-11H2,1-2H3,(H,18,22). The maximum Gasteiger partial charge on any atom is 0.241 e. The molecule has 1 fully saturated rings. The first kappa shape index (κ1) is 16.4. The van der Waals surface area contributed by atoms with Crippen molar-refractivity contribution in [2.24, 2.45) is 0 Å².